The smallest absolute Gasteiger partial charge is 0.228 e. The highest BCUT2D eigenvalue weighted by Gasteiger charge is 2.09. The molecule has 0 fully saturated rings. The largest absolute Gasteiger partial charge is 0.361 e. The highest BCUT2D eigenvalue weighted by atomic mass is 16.1. The Morgan fingerprint density at radius 3 is 3.00 bits per heavy atom. The summed E-state index contributed by atoms with van der Waals surface area (Å²) in [4.78, 5) is 22.7. The molecule has 22 heavy (non-hydrogen) atoms. The number of hydrogen-bond donors (Lipinski definition) is 3. The van der Waals surface area contributed by atoms with Crippen molar-refractivity contribution in [2.24, 2.45) is 0 Å². The third-order valence-corrected chi connectivity index (χ3v) is 3.71. The van der Waals surface area contributed by atoms with Gasteiger partial charge in [0.2, 0.25) is 5.91 Å². The number of benzene rings is 2. The summed E-state index contributed by atoms with van der Waals surface area (Å²) in [5.74, 6) is -0.0543. The van der Waals surface area contributed by atoms with Crippen LogP contribution in [-0.2, 0) is 11.2 Å². The summed E-state index contributed by atoms with van der Waals surface area (Å²) < 4.78 is 0. The zero-order valence-electron chi connectivity index (χ0n) is 11.8. The minimum atomic E-state index is -0.0543. The van der Waals surface area contributed by atoms with Crippen molar-refractivity contribution in [2.75, 3.05) is 5.32 Å². The van der Waals surface area contributed by atoms with Crippen LogP contribution in [0.4, 0.5) is 5.69 Å². The Balaban J connectivity index is 1.55. The van der Waals surface area contributed by atoms with Gasteiger partial charge >= 0.3 is 0 Å². The second-order valence-electron chi connectivity index (χ2n) is 5.23. The van der Waals surface area contributed by atoms with Gasteiger partial charge in [0.05, 0.1) is 24.0 Å². The molecular formula is C17H14N4O. The molecule has 4 rings (SSSR count). The van der Waals surface area contributed by atoms with E-state index in [0.29, 0.717) is 6.42 Å². The van der Waals surface area contributed by atoms with E-state index >= 15 is 0 Å². The van der Waals surface area contributed by atoms with E-state index in [1.54, 1.807) is 6.33 Å². The van der Waals surface area contributed by atoms with Crippen LogP contribution < -0.4 is 5.32 Å². The summed E-state index contributed by atoms with van der Waals surface area (Å²) in [5, 5.41) is 4.07. The maximum atomic E-state index is 12.3. The molecule has 0 bridgehead atoms. The van der Waals surface area contributed by atoms with Crippen LogP contribution in [0.25, 0.3) is 21.9 Å². The highest BCUT2D eigenvalue weighted by molar-refractivity contribution is 6.00. The molecule has 3 N–H and O–H groups in total. The SMILES string of the molecule is O=C(Cc1ccc2cc[nH]c2c1)Nc1cccc2[nH]cnc12. The van der Waals surface area contributed by atoms with Gasteiger partial charge in [-0.15, -0.1) is 0 Å². The van der Waals surface area contributed by atoms with Gasteiger partial charge in [-0.25, -0.2) is 4.98 Å². The molecule has 0 radical (unpaired) electrons. The number of imidazole rings is 1. The number of aromatic amines is 2. The van der Waals surface area contributed by atoms with E-state index in [2.05, 4.69) is 20.3 Å². The number of carbonyl (C=O) groups excluding carboxylic acids is 1. The fourth-order valence-electron chi connectivity index (χ4n) is 2.65. The van der Waals surface area contributed by atoms with Gasteiger partial charge in [-0.3, -0.25) is 4.79 Å². The molecular weight excluding hydrogens is 276 g/mol. The number of carbonyl (C=O) groups is 1. The maximum absolute atomic E-state index is 12.3. The molecule has 0 saturated carbocycles. The minimum absolute atomic E-state index is 0.0543. The van der Waals surface area contributed by atoms with Crippen molar-refractivity contribution in [2.45, 2.75) is 6.42 Å². The van der Waals surface area contributed by atoms with Crippen LogP contribution in [0, 0.1) is 0 Å². The molecule has 2 heterocycles. The Hall–Kier alpha value is -3.08. The second-order valence-corrected chi connectivity index (χ2v) is 5.23. The van der Waals surface area contributed by atoms with Crippen LogP contribution in [0.2, 0.25) is 0 Å². The quantitative estimate of drug-likeness (QED) is 0.542. The summed E-state index contributed by atoms with van der Waals surface area (Å²) in [6, 6.07) is 13.7. The van der Waals surface area contributed by atoms with Crippen molar-refractivity contribution in [1.82, 2.24) is 15.0 Å². The van der Waals surface area contributed by atoms with Crippen LogP contribution in [0.3, 0.4) is 0 Å². The number of anilines is 1. The molecule has 5 nitrogen and oxygen atoms in total. The predicted octanol–water partition coefficient (Wildman–Crippen LogP) is 3.23. The minimum Gasteiger partial charge on any atom is -0.361 e. The predicted molar refractivity (Wildman–Crippen MR) is 86.7 cm³/mol. The van der Waals surface area contributed by atoms with Gasteiger partial charge in [-0.05, 0) is 35.2 Å². The van der Waals surface area contributed by atoms with Crippen molar-refractivity contribution in [1.29, 1.82) is 0 Å². The normalized spacial score (nSPS) is 11.1. The first kappa shape index (κ1) is 12.6. The summed E-state index contributed by atoms with van der Waals surface area (Å²) in [6.45, 7) is 0. The first-order valence-corrected chi connectivity index (χ1v) is 7.07. The lowest BCUT2D eigenvalue weighted by Gasteiger charge is -2.06. The molecule has 1 amide bonds. The molecule has 0 aliphatic rings. The van der Waals surface area contributed by atoms with Crippen LogP contribution >= 0.6 is 0 Å². The Morgan fingerprint density at radius 2 is 2.05 bits per heavy atom. The van der Waals surface area contributed by atoms with Crippen LogP contribution in [0.5, 0.6) is 0 Å². The highest BCUT2D eigenvalue weighted by Crippen LogP contribution is 2.20. The fourth-order valence-corrected chi connectivity index (χ4v) is 2.65. The van der Waals surface area contributed by atoms with Gasteiger partial charge < -0.3 is 15.3 Å². The van der Waals surface area contributed by atoms with E-state index < -0.39 is 0 Å². The monoisotopic (exact) mass is 290 g/mol. The molecule has 0 spiro atoms. The molecule has 0 atom stereocenters. The molecule has 2 aromatic carbocycles. The fraction of sp³-hybridized carbons (Fsp3) is 0.0588. The molecule has 0 unspecified atom stereocenters. The van der Waals surface area contributed by atoms with E-state index in [1.807, 2.05) is 48.7 Å². The topological polar surface area (TPSA) is 73.6 Å². The Kier molecular flexibility index (Phi) is 2.89. The average Bonchev–Trinajstić information content (AvgIpc) is 3.15. The van der Waals surface area contributed by atoms with Crippen molar-refractivity contribution in [3.05, 3.63) is 60.6 Å². The van der Waals surface area contributed by atoms with Gasteiger partial charge in [0.25, 0.3) is 0 Å². The van der Waals surface area contributed by atoms with Crippen LogP contribution in [-0.4, -0.2) is 20.9 Å². The zero-order chi connectivity index (χ0) is 14.9. The van der Waals surface area contributed by atoms with Gasteiger partial charge in [0.15, 0.2) is 0 Å². The van der Waals surface area contributed by atoms with Crippen molar-refractivity contribution in [3.8, 4) is 0 Å². The number of nitrogens with one attached hydrogen (secondary N) is 3. The third kappa shape index (κ3) is 2.22. The Morgan fingerprint density at radius 1 is 1.09 bits per heavy atom. The van der Waals surface area contributed by atoms with Crippen LogP contribution in [0.15, 0.2) is 55.0 Å². The molecule has 5 heteroatoms. The first-order chi connectivity index (χ1) is 10.8. The van der Waals surface area contributed by atoms with E-state index in [-0.39, 0.29) is 5.91 Å². The Bertz CT molecular complexity index is 967. The molecule has 0 aliphatic carbocycles. The number of para-hydroxylation sites is 1. The lowest BCUT2D eigenvalue weighted by Crippen LogP contribution is -2.14. The number of hydrogen-bond acceptors (Lipinski definition) is 2. The summed E-state index contributed by atoms with van der Waals surface area (Å²) >= 11 is 0. The summed E-state index contributed by atoms with van der Waals surface area (Å²) in [6.07, 6.45) is 3.85. The van der Waals surface area contributed by atoms with E-state index in [0.717, 1.165) is 33.2 Å². The Labute approximate surface area is 126 Å². The van der Waals surface area contributed by atoms with Crippen LogP contribution in [0.1, 0.15) is 5.56 Å². The number of nitrogens with zero attached hydrogens (tertiary/aromatic N) is 1. The first-order valence-electron chi connectivity index (χ1n) is 7.07. The standard InChI is InChI=1S/C17H14N4O/c22-16(9-11-4-5-12-6-7-18-15(12)8-11)21-14-3-1-2-13-17(14)20-10-19-13/h1-8,10,18H,9H2,(H,19,20)(H,21,22). The zero-order valence-corrected chi connectivity index (χ0v) is 11.8. The van der Waals surface area contributed by atoms with Crippen molar-refractivity contribution in [3.63, 3.8) is 0 Å². The van der Waals surface area contributed by atoms with E-state index in [9.17, 15) is 4.79 Å². The molecule has 0 saturated heterocycles. The molecule has 0 aliphatic heterocycles. The molecule has 108 valence electrons. The number of fused-ring (bicyclic) bond motifs is 2. The second kappa shape index (κ2) is 5.04. The number of aromatic nitrogens is 3. The summed E-state index contributed by atoms with van der Waals surface area (Å²) in [7, 11) is 0. The van der Waals surface area contributed by atoms with Gasteiger partial charge in [-0.2, -0.15) is 0 Å². The van der Waals surface area contributed by atoms with Crippen molar-refractivity contribution >= 4 is 33.5 Å². The van der Waals surface area contributed by atoms with E-state index in [4.69, 9.17) is 0 Å². The number of amides is 1. The van der Waals surface area contributed by atoms with Gasteiger partial charge in [0, 0.05) is 11.7 Å². The lowest BCUT2D eigenvalue weighted by molar-refractivity contribution is -0.115. The number of rotatable bonds is 3. The molecule has 2 aromatic heterocycles. The third-order valence-electron chi connectivity index (χ3n) is 3.71. The molecule has 4 aromatic rings. The maximum Gasteiger partial charge on any atom is 0.228 e. The number of H-pyrrole nitrogens is 2. The lowest BCUT2D eigenvalue weighted by atomic mass is 10.1. The van der Waals surface area contributed by atoms with Gasteiger partial charge in [0.1, 0.15) is 5.52 Å². The van der Waals surface area contributed by atoms with E-state index in [1.165, 1.54) is 0 Å². The van der Waals surface area contributed by atoms with Crippen molar-refractivity contribution < 1.29 is 4.79 Å². The summed E-state index contributed by atoms with van der Waals surface area (Å²) in [5.41, 5.74) is 4.42. The van der Waals surface area contributed by atoms with Gasteiger partial charge in [-0.1, -0.05) is 18.2 Å². The average molecular weight is 290 g/mol.